The fraction of sp³-hybridized carbons (Fsp3) is 0.368. The topological polar surface area (TPSA) is 140 Å². The molecule has 1 unspecified atom stereocenters. The van der Waals surface area contributed by atoms with Crippen LogP contribution in [0.1, 0.15) is 25.0 Å². The molecule has 1 atom stereocenters. The zero-order valence-corrected chi connectivity index (χ0v) is 18.2. The first-order valence-electron chi connectivity index (χ1n) is 9.47. The Kier molecular flexibility index (Phi) is 5.66. The van der Waals surface area contributed by atoms with E-state index in [0.717, 1.165) is 15.7 Å². The summed E-state index contributed by atoms with van der Waals surface area (Å²) in [5, 5.41) is -0.249. The predicted octanol–water partition coefficient (Wildman–Crippen LogP) is 1.88. The summed E-state index contributed by atoms with van der Waals surface area (Å²) in [6, 6.07) is 7.00. The molecule has 0 spiro atoms. The van der Waals surface area contributed by atoms with Crippen LogP contribution in [0, 0.1) is 11.7 Å². The minimum absolute atomic E-state index is 0.00163. The molecule has 1 aromatic carbocycles. The van der Waals surface area contributed by atoms with E-state index in [0.29, 0.717) is 6.54 Å². The van der Waals surface area contributed by atoms with E-state index in [1.165, 1.54) is 9.47 Å². The maximum absolute atomic E-state index is 13.2. The Morgan fingerprint density at radius 2 is 1.87 bits per heavy atom. The number of nitrogens with two attached hydrogens (primary N) is 1. The van der Waals surface area contributed by atoms with E-state index in [1.54, 1.807) is 20.9 Å². The van der Waals surface area contributed by atoms with Crippen molar-refractivity contribution in [1.82, 2.24) is 24.0 Å². The second-order valence-electron chi connectivity index (χ2n) is 7.01. The summed E-state index contributed by atoms with van der Waals surface area (Å²) in [4.78, 5) is 35.8. The number of fused-ring (bicyclic) bond motifs is 1. The van der Waals surface area contributed by atoms with Crippen LogP contribution < -0.4 is 11.4 Å². The van der Waals surface area contributed by atoms with Crippen molar-refractivity contribution in [3.05, 3.63) is 45.9 Å². The van der Waals surface area contributed by atoms with Crippen molar-refractivity contribution in [3.63, 3.8) is 0 Å². The number of aromatic nitrogens is 4. The number of hydrogen-bond acceptors (Lipinski definition) is 7. The number of amides is 1. The molecule has 0 radical (unpaired) electrons. The number of benzene rings is 1. The van der Waals surface area contributed by atoms with Crippen LogP contribution >= 0.6 is 0 Å². The Labute approximate surface area is 174 Å². The van der Waals surface area contributed by atoms with E-state index in [2.05, 4.69) is 9.97 Å². The molecule has 1 amide bonds. The van der Waals surface area contributed by atoms with E-state index in [1.807, 2.05) is 31.2 Å². The van der Waals surface area contributed by atoms with Gasteiger partial charge in [0.25, 0.3) is 0 Å². The van der Waals surface area contributed by atoms with Crippen molar-refractivity contribution in [2.75, 3.05) is 25.1 Å². The molecule has 0 bridgehead atoms. The Balaban J connectivity index is 2.34. The average Bonchev–Trinajstić information content (AvgIpc) is 3.00. The van der Waals surface area contributed by atoms with Crippen LogP contribution in [-0.2, 0) is 16.3 Å². The molecule has 0 saturated carbocycles. The van der Waals surface area contributed by atoms with E-state index in [4.69, 9.17) is 10.5 Å². The lowest BCUT2D eigenvalue weighted by molar-refractivity contribution is 0.212. The number of carbonyl (C=O) groups excluding carboxylic acids is 1. The predicted molar refractivity (Wildman–Crippen MR) is 115 cm³/mol. The molecule has 0 aliphatic heterocycles. The maximum atomic E-state index is 13.2. The highest BCUT2D eigenvalue weighted by atomic mass is 32.2. The lowest BCUT2D eigenvalue weighted by Gasteiger charge is -2.14. The van der Waals surface area contributed by atoms with E-state index < -0.39 is 21.4 Å². The van der Waals surface area contributed by atoms with Crippen molar-refractivity contribution >= 4 is 32.7 Å². The van der Waals surface area contributed by atoms with Gasteiger partial charge in [-0.05, 0) is 19.4 Å². The maximum Gasteiger partial charge on any atom is 0.339 e. The zero-order chi connectivity index (χ0) is 22.2. The van der Waals surface area contributed by atoms with Gasteiger partial charge in [0, 0.05) is 19.3 Å². The third-order valence-electron chi connectivity index (χ3n) is 4.93. The lowest BCUT2D eigenvalue weighted by Crippen LogP contribution is -2.38. The first-order valence-corrected chi connectivity index (χ1v) is 11.2. The lowest BCUT2D eigenvalue weighted by atomic mass is 10.1. The summed E-state index contributed by atoms with van der Waals surface area (Å²) in [6.07, 6.45) is 0. The third kappa shape index (κ3) is 3.67. The Morgan fingerprint density at radius 3 is 2.43 bits per heavy atom. The monoisotopic (exact) mass is 431 g/mol. The van der Waals surface area contributed by atoms with E-state index in [9.17, 15) is 13.8 Å². The van der Waals surface area contributed by atoms with E-state index in [-0.39, 0.29) is 34.4 Å². The number of nitrogens with zero attached hydrogens (tertiary/aromatic N) is 5. The summed E-state index contributed by atoms with van der Waals surface area (Å²) < 4.78 is 22.8. The van der Waals surface area contributed by atoms with E-state index >= 15 is 0 Å². The fourth-order valence-electron chi connectivity index (χ4n) is 2.93. The average molecular weight is 432 g/mol. The van der Waals surface area contributed by atoms with Crippen molar-refractivity contribution in [3.8, 4) is 0 Å². The number of aryl methyl sites for hydroxylation is 1. The number of imidazole rings is 1. The summed E-state index contributed by atoms with van der Waals surface area (Å²) in [5.74, 6) is -0.167. The Hall–Kier alpha value is -3.21. The molecule has 11 heteroatoms. The minimum atomic E-state index is -3.27. The number of hydrogen-bond donors (Lipinski definition) is 2. The van der Waals surface area contributed by atoms with Gasteiger partial charge >= 0.3 is 11.7 Å². The van der Waals surface area contributed by atoms with Crippen LogP contribution in [-0.4, -0.2) is 53.6 Å². The van der Waals surface area contributed by atoms with Gasteiger partial charge in [-0.25, -0.2) is 28.1 Å². The molecule has 0 aliphatic carbocycles. The molecule has 2 aromatic heterocycles. The van der Waals surface area contributed by atoms with Crippen LogP contribution in [0.2, 0.25) is 0 Å². The summed E-state index contributed by atoms with van der Waals surface area (Å²) in [5.41, 5.74) is 7.47. The number of carbonyl (C=O) groups is 1. The van der Waals surface area contributed by atoms with Crippen molar-refractivity contribution < 1.29 is 9.00 Å². The third-order valence-corrected chi connectivity index (χ3v) is 6.51. The first kappa shape index (κ1) is 21.5. The molecule has 0 fully saturated rings. The van der Waals surface area contributed by atoms with Gasteiger partial charge in [-0.15, -0.1) is 0 Å². The molecular formula is C19H25N7O3S. The second kappa shape index (κ2) is 7.90. The Morgan fingerprint density at radius 1 is 1.23 bits per heavy atom. The van der Waals surface area contributed by atoms with Crippen LogP contribution in [0.15, 0.2) is 34.2 Å². The molecule has 2 heterocycles. The Bertz CT molecular complexity index is 1270. The van der Waals surface area contributed by atoms with Gasteiger partial charge in [0.15, 0.2) is 11.5 Å². The molecule has 0 aliphatic rings. The number of nitrogen functional groups attached to an aromatic ring is 1. The summed E-state index contributed by atoms with van der Waals surface area (Å²) >= 11 is 0. The molecule has 3 aromatic rings. The highest BCUT2D eigenvalue weighted by molar-refractivity contribution is 7.92. The zero-order valence-electron chi connectivity index (χ0n) is 17.4. The van der Waals surface area contributed by atoms with Crippen LogP contribution in [0.4, 0.5) is 10.6 Å². The second-order valence-corrected chi connectivity index (χ2v) is 9.31. The standard InChI is InChI=1S/C19H25N7O3S/c1-5-24(4)18(27)26-14-15(20)22-17(30(21,29)6-2)23-16(14)25(19(26)28)11-13-9-7-12(3)8-10-13/h7-10,21H,5-6,11H2,1-4H3,(H2,20,22,23). The largest absolute Gasteiger partial charge is 0.382 e. The first-order chi connectivity index (χ1) is 14.1. The van der Waals surface area contributed by atoms with Crippen molar-refractivity contribution in [2.24, 2.45) is 0 Å². The van der Waals surface area contributed by atoms with Gasteiger partial charge in [0.2, 0.25) is 5.16 Å². The van der Waals surface area contributed by atoms with Crippen molar-refractivity contribution in [2.45, 2.75) is 32.5 Å². The molecule has 3 rings (SSSR count). The van der Waals surface area contributed by atoms with Crippen molar-refractivity contribution in [1.29, 1.82) is 4.78 Å². The number of anilines is 1. The number of rotatable bonds is 5. The van der Waals surface area contributed by atoms with Gasteiger partial charge in [-0.2, -0.15) is 4.98 Å². The molecule has 10 nitrogen and oxygen atoms in total. The fourth-order valence-corrected chi connectivity index (χ4v) is 3.67. The van der Waals surface area contributed by atoms with Gasteiger partial charge in [-0.1, -0.05) is 36.8 Å². The van der Waals surface area contributed by atoms with Crippen LogP contribution in [0.5, 0.6) is 0 Å². The molecule has 0 saturated heterocycles. The van der Waals surface area contributed by atoms with Gasteiger partial charge in [0.05, 0.1) is 6.54 Å². The SMILES string of the molecule is CCN(C)C(=O)n1c(=O)n(Cc2ccc(C)cc2)c2nc(S(=N)(=O)CC)nc(N)c21. The number of nitrogens with one attached hydrogen (secondary N) is 1. The van der Waals surface area contributed by atoms with Gasteiger partial charge in [-0.3, -0.25) is 4.57 Å². The molecular weight excluding hydrogens is 406 g/mol. The minimum Gasteiger partial charge on any atom is -0.382 e. The van der Waals surface area contributed by atoms with Crippen LogP contribution in [0.3, 0.4) is 0 Å². The molecule has 160 valence electrons. The molecule has 30 heavy (non-hydrogen) atoms. The van der Waals surface area contributed by atoms with Crippen LogP contribution in [0.25, 0.3) is 11.2 Å². The smallest absolute Gasteiger partial charge is 0.339 e. The molecule has 3 N–H and O–H groups in total. The summed E-state index contributed by atoms with van der Waals surface area (Å²) in [6.45, 7) is 5.83. The highest BCUT2D eigenvalue weighted by Crippen LogP contribution is 2.21. The summed E-state index contributed by atoms with van der Waals surface area (Å²) in [7, 11) is -1.71. The van der Waals surface area contributed by atoms with Gasteiger partial charge < -0.3 is 10.6 Å². The normalized spacial score (nSPS) is 13.3. The van der Waals surface area contributed by atoms with Gasteiger partial charge in [0.1, 0.15) is 15.2 Å². The highest BCUT2D eigenvalue weighted by Gasteiger charge is 2.26. The quantitative estimate of drug-likeness (QED) is 0.591.